The molecule has 2 aromatic carbocycles. The summed E-state index contributed by atoms with van der Waals surface area (Å²) in [7, 11) is -0.820. The number of amides is 1. The maximum absolute atomic E-state index is 13.2. The van der Waals surface area contributed by atoms with Crippen LogP contribution in [0.4, 0.5) is 0 Å². The van der Waals surface area contributed by atoms with Crippen molar-refractivity contribution in [1.82, 2.24) is 14.2 Å². The van der Waals surface area contributed by atoms with Gasteiger partial charge in [-0.3, -0.25) is 14.6 Å². The molecule has 0 radical (unpaired) electrons. The van der Waals surface area contributed by atoms with Gasteiger partial charge in [-0.25, -0.2) is 12.7 Å². The van der Waals surface area contributed by atoms with Crippen LogP contribution in [-0.2, 0) is 26.2 Å². The average Bonchev–Trinajstić information content (AvgIpc) is 3.09. The number of hydrogen-bond acceptors (Lipinski definition) is 6. The van der Waals surface area contributed by atoms with Crippen molar-refractivity contribution in [2.24, 2.45) is 0 Å². The van der Waals surface area contributed by atoms with Gasteiger partial charge in [0.25, 0.3) is 11.7 Å². The number of carbonyl (C=O) groups excluding carboxylic acids is 2. The Morgan fingerprint density at radius 1 is 1.06 bits per heavy atom. The van der Waals surface area contributed by atoms with Crippen molar-refractivity contribution in [3.05, 3.63) is 99.8 Å². The van der Waals surface area contributed by atoms with Gasteiger partial charge in [0.15, 0.2) is 0 Å². The number of sulfonamides is 1. The van der Waals surface area contributed by atoms with E-state index in [0.29, 0.717) is 5.56 Å². The fourth-order valence-corrected chi connectivity index (χ4v) is 5.04. The van der Waals surface area contributed by atoms with E-state index in [4.69, 9.17) is 0 Å². The number of pyridine rings is 1. The molecule has 1 fully saturated rings. The molecule has 0 bridgehead atoms. The minimum absolute atomic E-state index is 0.0422. The first kappa shape index (κ1) is 24.8. The largest absolute Gasteiger partial charge is 0.507 e. The van der Waals surface area contributed by atoms with Crippen LogP contribution >= 0.6 is 15.9 Å². The molecule has 1 aliphatic heterocycles. The van der Waals surface area contributed by atoms with Gasteiger partial charge in [-0.05, 0) is 53.6 Å². The van der Waals surface area contributed by atoms with E-state index in [0.717, 1.165) is 14.3 Å². The Balaban J connectivity index is 1.82. The number of aliphatic hydroxyl groups is 1. The van der Waals surface area contributed by atoms with Crippen molar-refractivity contribution in [3.63, 3.8) is 0 Å². The van der Waals surface area contributed by atoms with Gasteiger partial charge in [0.1, 0.15) is 5.76 Å². The Morgan fingerprint density at radius 2 is 1.71 bits per heavy atom. The van der Waals surface area contributed by atoms with Gasteiger partial charge in [-0.2, -0.15) is 0 Å². The molecule has 2 heterocycles. The fourth-order valence-electron chi connectivity index (χ4n) is 3.87. The van der Waals surface area contributed by atoms with Crippen LogP contribution in [0.3, 0.4) is 0 Å². The maximum atomic E-state index is 13.2. The second-order valence-corrected chi connectivity index (χ2v) is 11.2. The number of likely N-dealkylation sites (tertiary alicyclic amines) is 1. The molecule has 1 unspecified atom stereocenters. The van der Waals surface area contributed by atoms with Crippen molar-refractivity contribution < 1.29 is 23.1 Å². The Bertz CT molecular complexity index is 1400. The highest BCUT2D eigenvalue weighted by atomic mass is 79.9. The lowest BCUT2D eigenvalue weighted by molar-refractivity contribution is -0.140. The van der Waals surface area contributed by atoms with Crippen LogP contribution in [0.2, 0.25) is 0 Å². The van der Waals surface area contributed by atoms with E-state index < -0.39 is 27.8 Å². The summed E-state index contributed by atoms with van der Waals surface area (Å²) in [6, 6.07) is 15.4. The van der Waals surface area contributed by atoms with Crippen molar-refractivity contribution in [1.29, 1.82) is 0 Å². The predicted molar refractivity (Wildman–Crippen MR) is 134 cm³/mol. The Labute approximate surface area is 211 Å². The van der Waals surface area contributed by atoms with Crippen molar-refractivity contribution >= 4 is 43.4 Å². The molecule has 35 heavy (non-hydrogen) atoms. The third kappa shape index (κ3) is 4.77. The highest BCUT2D eigenvalue weighted by molar-refractivity contribution is 9.10. The zero-order valence-corrected chi connectivity index (χ0v) is 21.3. The lowest BCUT2D eigenvalue weighted by Gasteiger charge is -2.25. The van der Waals surface area contributed by atoms with E-state index in [-0.39, 0.29) is 28.3 Å². The SMILES string of the molecule is CN(C)S(=O)(=O)c1ccc(/C(O)=C2/C(=O)C(=O)N(Cc3cccnc3)C2c2ccc(Br)cc2)cc1. The Hall–Kier alpha value is -3.34. The van der Waals surface area contributed by atoms with Gasteiger partial charge in [0.05, 0.1) is 16.5 Å². The zero-order valence-electron chi connectivity index (χ0n) is 18.9. The minimum atomic E-state index is -3.66. The van der Waals surface area contributed by atoms with Crippen LogP contribution in [-0.4, -0.2) is 53.5 Å². The van der Waals surface area contributed by atoms with E-state index in [9.17, 15) is 23.1 Å². The number of carbonyl (C=O) groups is 2. The van der Waals surface area contributed by atoms with Crippen molar-refractivity contribution in [2.45, 2.75) is 17.5 Å². The first-order valence-electron chi connectivity index (χ1n) is 10.6. The lowest BCUT2D eigenvalue weighted by atomic mass is 9.95. The monoisotopic (exact) mass is 555 g/mol. The summed E-state index contributed by atoms with van der Waals surface area (Å²) in [6.45, 7) is 0.121. The van der Waals surface area contributed by atoms with Crippen LogP contribution in [0.5, 0.6) is 0 Å². The Morgan fingerprint density at radius 3 is 2.29 bits per heavy atom. The van der Waals surface area contributed by atoms with E-state index >= 15 is 0 Å². The van der Waals surface area contributed by atoms with Crippen LogP contribution in [0.25, 0.3) is 5.76 Å². The number of halogens is 1. The minimum Gasteiger partial charge on any atom is -0.507 e. The van der Waals surface area contributed by atoms with Crippen LogP contribution in [0.15, 0.2) is 88.0 Å². The molecule has 1 atom stereocenters. The summed E-state index contributed by atoms with van der Waals surface area (Å²) in [4.78, 5) is 31.8. The zero-order chi connectivity index (χ0) is 25.3. The molecule has 4 rings (SSSR count). The number of hydrogen-bond donors (Lipinski definition) is 1. The molecule has 1 saturated heterocycles. The molecule has 0 saturated carbocycles. The summed E-state index contributed by atoms with van der Waals surface area (Å²) in [5, 5.41) is 11.2. The molecule has 1 amide bonds. The normalized spacial score (nSPS) is 17.8. The predicted octanol–water partition coefficient (Wildman–Crippen LogP) is 3.72. The number of aliphatic hydroxyl groups excluding tert-OH is 1. The quantitative estimate of drug-likeness (QED) is 0.282. The number of nitrogens with zero attached hydrogens (tertiary/aromatic N) is 3. The highest BCUT2D eigenvalue weighted by Crippen LogP contribution is 2.40. The Kier molecular flexibility index (Phi) is 6.88. The van der Waals surface area contributed by atoms with Crippen LogP contribution < -0.4 is 0 Å². The second-order valence-electron chi connectivity index (χ2n) is 8.15. The molecule has 1 aliphatic rings. The third-order valence-corrected chi connectivity index (χ3v) is 8.07. The molecule has 1 N–H and O–H groups in total. The smallest absolute Gasteiger partial charge is 0.295 e. The van der Waals surface area contributed by atoms with Gasteiger partial charge in [0, 0.05) is 43.1 Å². The summed E-state index contributed by atoms with van der Waals surface area (Å²) < 4.78 is 26.7. The van der Waals surface area contributed by atoms with E-state index in [2.05, 4.69) is 20.9 Å². The van der Waals surface area contributed by atoms with Gasteiger partial charge in [0.2, 0.25) is 10.0 Å². The topological polar surface area (TPSA) is 108 Å². The van der Waals surface area contributed by atoms with Crippen LogP contribution in [0.1, 0.15) is 22.7 Å². The lowest BCUT2D eigenvalue weighted by Crippen LogP contribution is -2.29. The first-order valence-corrected chi connectivity index (χ1v) is 12.8. The number of Topliss-reactive ketones (excluding diaryl/α,β-unsaturated/α-hetero) is 1. The molecular weight excluding hydrogens is 534 g/mol. The third-order valence-electron chi connectivity index (χ3n) is 5.71. The number of ketones is 1. The highest BCUT2D eigenvalue weighted by Gasteiger charge is 2.46. The molecule has 0 spiro atoms. The fraction of sp³-hybridized carbons (Fsp3) is 0.160. The molecule has 0 aliphatic carbocycles. The number of aromatic nitrogens is 1. The van der Waals surface area contributed by atoms with Crippen LogP contribution in [0, 0.1) is 0 Å². The van der Waals surface area contributed by atoms with Crippen molar-refractivity contribution in [3.8, 4) is 0 Å². The van der Waals surface area contributed by atoms with Crippen molar-refractivity contribution in [2.75, 3.05) is 14.1 Å². The maximum Gasteiger partial charge on any atom is 0.295 e. The van der Waals surface area contributed by atoms with Gasteiger partial charge in [-0.15, -0.1) is 0 Å². The first-order chi connectivity index (χ1) is 16.6. The second kappa shape index (κ2) is 9.73. The molecule has 3 aromatic rings. The standard InChI is InChI=1S/C25H22BrN3O5S/c1-28(2)35(33,34)20-11-7-18(8-12-20)23(30)21-22(17-5-9-19(26)10-6-17)29(25(32)24(21)31)15-16-4-3-13-27-14-16/h3-14,22,30H,15H2,1-2H3/b23-21-. The average molecular weight is 556 g/mol. The molecule has 1 aromatic heterocycles. The van der Waals surface area contributed by atoms with Gasteiger partial charge in [-0.1, -0.05) is 34.1 Å². The molecular formula is C25H22BrN3O5S. The molecule has 180 valence electrons. The van der Waals surface area contributed by atoms with Gasteiger partial charge < -0.3 is 10.0 Å². The molecule has 10 heteroatoms. The number of benzene rings is 2. The summed E-state index contributed by atoms with van der Waals surface area (Å²) in [5.41, 5.74) is 1.54. The molecule has 8 nitrogen and oxygen atoms in total. The van der Waals surface area contributed by atoms with E-state index in [1.807, 2.05) is 0 Å². The summed E-state index contributed by atoms with van der Waals surface area (Å²) in [5.74, 6) is -1.93. The van der Waals surface area contributed by atoms with E-state index in [1.54, 1.807) is 48.8 Å². The summed E-state index contributed by atoms with van der Waals surface area (Å²) in [6.07, 6.45) is 3.23. The number of rotatable bonds is 6. The summed E-state index contributed by atoms with van der Waals surface area (Å²) >= 11 is 3.39. The van der Waals surface area contributed by atoms with Gasteiger partial charge >= 0.3 is 0 Å². The van der Waals surface area contributed by atoms with E-state index in [1.165, 1.54) is 43.3 Å².